The lowest BCUT2D eigenvalue weighted by molar-refractivity contribution is -0.178. The lowest BCUT2D eigenvalue weighted by atomic mass is 9.64. The van der Waals surface area contributed by atoms with Crippen LogP contribution in [0.1, 0.15) is 130 Å². The van der Waals surface area contributed by atoms with Crippen LogP contribution in [-0.2, 0) is 33.5 Å². The van der Waals surface area contributed by atoms with Crippen LogP contribution in [0.2, 0.25) is 0 Å². The molecule has 7 nitrogen and oxygen atoms in total. The number of aliphatic hydroxyl groups excluding tert-OH is 1. The molecule has 1 heterocycles. The summed E-state index contributed by atoms with van der Waals surface area (Å²) in [4.78, 5) is 45.3. The van der Waals surface area contributed by atoms with E-state index in [1.165, 1.54) is 12.1 Å². The molecule has 4 aromatic rings. The van der Waals surface area contributed by atoms with Gasteiger partial charge in [-0.2, -0.15) is 13.2 Å². The number of benzene rings is 4. The fourth-order valence-electron chi connectivity index (χ4n) is 11.3. The number of hydrogen-bond acceptors (Lipinski definition) is 6. The Morgan fingerprint density at radius 2 is 1.62 bits per heavy atom. The van der Waals surface area contributed by atoms with Gasteiger partial charge in [0.15, 0.2) is 11.4 Å². The molecule has 61 heavy (non-hydrogen) atoms. The monoisotopic (exact) mass is 835 g/mol. The molecule has 3 fully saturated rings. The van der Waals surface area contributed by atoms with Crippen molar-refractivity contribution in [1.82, 2.24) is 4.90 Å². The Hall–Kier alpha value is -4.80. The maximum Gasteiger partial charge on any atom is 0.416 e. The van der Waals surface area contributed by atoms with Gasteiger partial charge in [-0.05, 0) is 123 Å². The van der Waals surface area contributed by atoms with Gasteiger partial charge in [0.05, 0.1) is 29.2 Å². The molecule has 2 N–H and O–H groups in total. The number of alkyl halides is 3. The summed E-state index contributed by atoms with van der Waals surface area (Å²) in [6.45, 7) is 9.83. The lowest BCUT2D eigenvalue weighted by Crippen LogP contribution is -2.60. The number of nitrogens with zero attached hydrogens (tertiary/aromatic N) is 1. The fourth-order valence-corrected chi connectivity index (χ4v) is 11.3. The van der Waals surface area contributed by atoms with Gasteiger partial charge in [-0.3, -0.25) is 14.4 Å². The van der Waals surface area contributed by atoms with Crippen molar-refractivity contribution in [2.24, 2.45) is 16.2 Å². The number of ketones is 1. The van der Waals surface area contributed by atoms with Gasteiger partial charge in [0.25, 0.3) is 5.91 Å². The smallest absolute Gasteiger partial charge is 0.416 e. The van der Waals surface area contributed by atoms with Gasteiger partial charge < -0.3 is 19.8 Å². The Bertz CT molecular complexity index is 2430. The van der Waals surface area contributed by atoms with Gasteiger partial charge in [0.2, 0.25) is 0 Å². The normalized spacial score (nSPS) is 29.8. The molecule has 2 saturated carbocycles. The van der Waals surface area contributed by atoms with Crippen molar-refractivity contribution in [3.8, 4) is 0 Å². The highest BCUT2D eigenvalue weighted by atomic mass is 19.4. The Kier molecular flexibility index (Phi) is 10.7. The van der Waals surface area contributed by atoms with E-state index in [2.05, 4.69) is 6.08 Å². The highest BCUT2D eigenvalue weighted by Crippen LogP contribution is 2.66. The number of aliphatic hydroxyl groups is 2. The van der Waals surface area contributed by atoms with Crippen LogP contribution < -0.4 is 0 Å². The van der Waals surface area contributed by atoms with E-state index in [0.717, 1.165) is 34.0 Å². The van der Waals surface area contributed by atoms with Crippen LogP contribution >= 0.6 is 0 Å². The molecule has 1 amide bonds. The van der Waals surface area contributed by atoms with Crippen molar-refractivity contribution in [1.29, 1.82) is 0 Å². The molecule has 322 valence electrons. The van der Waals surface area contributed by atoms with E-state index >= 15 is 4.79 Å². The zero-order valence-electron chi connectivity index (χ0n) is 35.7. The topological polar surface area (TPSA) is 104 Å². The zero-order chi connectivity index (χ0) is 43.8. The van der Waals surface area contributed by atoms with Gasteiger partial charge in [-0.1, -0.05) is 99.2 Å². The van der Waals surface area contributed by atoms with Crippen molar-refractivity contribution in [3.05, 3.63) is 130 Å². The fraction of sp³-hybridized carbons (Fsp3) is 0.471. The number of halogens is 3. The van der Waals surface area contributed by atoms with Crippen molar-refractivity contribution < 1.29 is 42.5 Å². The second-order valence-electron chi connectivity index (χ2n) is 19.3. The van der Waals surface area contributed by atoms with Crippen LogP contribution in [0.3, 0.4) is 0 Å². The van der Waals surface area contributed by atoms with Crippen LogP contribution in [0.5, 0.6) is 0 Å². The summed E-state index contributed by atoms with van der Waals surface area (Å²) >= 11 is 0. The number of fused-ring (bicyclic) bond motifs is 11. The minimum Gasteiger partial charge on any atom is -0.448 e. The van der Waals surface area contributed by atoms with Gasteiger partial charge in [0.1, 0.15) is 0 Å². The number of allylic oxidation sites excluding steroid dienone is 2. The molecular formula is C51H56F3NO6. The van der Waals surface area contributed by atoms with Gasteiger partial charge in [-0.25, -0.2) is 0 Å². The molecule has 4 bridgehead atoms. The molecule has 6 atom stereocenters. The van der Waals surface area contributed by atoms with E-state index in [1.54, 1.807) is 11.0 Å². The first kappa shape index (κ1) is 42.9. The third-order valence-corrected chi connectivity index (χ3v) is 15.8. The molecule has 0 aromatic heterocycles. The minimum atomic E-state index is -4.65. The molecule has 1 saturated heterocycles. The number of ether oxygens (including phenoxy) is 1. The SMILES string of the molecule is CC1=CCCC2(C)C(CCC2(O)CN(Cc2cccc3ccccc23)C(=O)C23CCC(C)(C(=O)O2)C3(C)C)c2ccc(cc2C(=O)c2cccc(C(F)(F)F)c2)CC(O)CC1. The molecule has 6 unspecified atom stereocenters. The van der Waals surface area contributed by atoms with Gasteiger partial charge in [0, 0.05) is 28.5 Å². The summed E-state index contributed by atoms with van der Waals surface area (Å²) in [6, 6.07) is 23.7. The largest absolute Gasteiger partial charge is 0.448 e. The predicted molar refractivity (Wildman–Crippen MR) is 228 cm³/mol. The Morgan fingerprint density at radius 1 is 0.885 bits per heavy atom. The average molecular weight is 836 g/mol. The second-order valence-corrected chi connectivity index (χ2v) is 19.3. The minimum absolute atomic E-state index is 0.0853. The quantitative estimate of drug-likeness (QED) is 0.109. The van der Waals surface area contributed by atoms with Gasteiger partial charge >= 0.3 is 12.1 Å². The van der Waals surface area contributed by atoms with Crippen molar-refractivity contribution in [3.63, 3.8) is 0 Å². The summed E-state index contributed by atoms with van der Waals surface area (Å²) in [5.41, 5.74) is -3.12. The maximum atomic E-state index is 15.5. The Balaban J connectivity index is 1.25. The Morgan fingerprint density at radius 3 is 2.34 bits per heavy atom. The number of hydrogen-bond donors (Lipinski definition) is 2. The molecule has 4 aliphatic carbocycles. The van der Waals surface area contributed by atoms with Crippen LogP contribution in [0, 0.1) is 16.2 Å². The molecule has 0 spiro atoms. The first-order valence-corrected chi connectivity index (χ1v) is 21.6. The van der Waals surface area contributed by atoms with E-state index in [9.17, 15) is 33.0 Å². The zero-order valence-corrected chi connectivity index (χ0v) is 35.7. The summed E-state index contributed by atoms with van der Waals surface area (Å²) in [6.07, 6.45) is 0.760. The summed E-state index contributed by atoms with van der Waals surface area (Å²) in [5, 5.41) is 26.5. The van der Waals surface area contributed by atoms with E-state index in [1.807, 2.05) is 89.2 Å². The summed E-state index contributed by atoms with van der Waals surface area (Å²) in [7, 11) is 0. The summed E-state index contributed by atoms with van der Waals surface area (Å²) < 4.78 is 48.0. The van der Waals surface area contributed by atoms with Crippen LogP contribution in [0.25, 0.3) is 10.8 Å². The highest BCUT2D eigenvalue weighted by Gasteiger charge is 2.76. The number of amides is 1. The lowest BCUT2D eigenvalue weighted by Gasteiger charge is -2.47. The maximum absolute atomic E-state index is 15.5. The van der Waals surface area contributed by atoms with Crippen molar-refractivity contribution in [2.75, 3.05) is 6.54 Å². The average Bonchev–Trinajstić information content (AvgIpc) is 3.66. The first-order chi connectivity index (χ1) is 28.7. The van der Waals surface area contributed by atoms with E-state index in [0.29, 0.717) is 56.1 Å². The molecule has 0 radical (unpaired) electrons. The van der Waals surface area contributed by atoms with Gasteiger partial charge in [-0.15, -0.1) is 0 Å². The van der Waals surface area contributed by atoms with Crippen LogP contribution in [0.4, 0.5) is 13.2 Å². The van der Waals surface area contributed by atoms with E-state index in [4.69, 9.17) is 4.74 Å². The molecular weight excluding hydrogens is 780 g/mol. The predicted octanol–water partition coefficient (Wildman–Crippen LogP) is 10.3. The standard InChI is InChI=1S/C51H56F3NO6/c1-32-11-10-23-47(4)42(40-21-19-33(27-38(56)20-18-32)28-41(40)43(57)35-14-9-16-37(29-35)51(52,53)54)22-24-49(47,60)31-55(30-36-15-8-13-34-12-6-7-17-39(34)36)44(58)50-26-25-48(5,45(59)61-50)46(50,2)3/h6-9,11-17,19,21,28-29,38,42,56,60H,10,18,20,22-27,30-31H2,1-5H3. The first-order valence-electron chi connectivity index (χ1n) is 21.6. The summed E-state index contributed by atoms with van der Waals surface area (Å²) in [5.74, 6) is -1.75. The number of esters is 1. The third kappa shape index (κ3) is 7.02. The third-order valence-electron chi connectivity index (χ3n) is 15.8. The van der Waals surface area contributed by atoms with Crippen LogP contribution in [0.15, 0.2) is 96.6 Å². The highest BCUT2D eigenvalue weighted by molar-refractivity contribution is 6.10. The molecule has 4 aromatic carbocycles. The van der Waals surface area contributed by atoms with Crippen molar-refractivity contribution >= 4 is 28.4 Å². The van der Waals surface area contributed by atoms with Crippen molar-refractivity contribution in [2.45, 2.75) is 128 Å². The number of carbonyl (C=O) groups is 3. The van der Waals surface area contributed by atoms with E-state index < -0.39 is 63.0 Å². The molecule has 10 heteroatoms. The molecule has 1 aliphatic heterocycles. The van der Waals surface area contributed by atoms with E-state index in [-0.39, 0.29) is 43.0 Å². The van der Waals surface area contributed by atoms with Crippen LogP contribution in [-0.4, -0.2) is 56.6 Å². The number of carbonyl (C=O) groups excluding carboxylic acids is 3. The number of rotatable bonds is 7. The molecule has 5 aliphatic rings. The second kappa shape index (κ2) is 15.2. The molecule has 9 rings (SSSR count). The Labute approximate surface area is 356 Å².